The zero-order valence-electron chi connectivity index (χ0n) is 14.3. The molecule has 2 rings (SSSR count). The molecular weight excluding hydrogens is 324 g/mol. The van der Waals surface area contributed by atoms with E-state index in [0.717, 1.165) is 10.7 Å². The summed E-state index contributed by atoms with van der Waals surface area (Å²) in [5.41, 5.74) is 1.33. The van der Waals surface area contributed by atoms with Gasteiger partial charge in [0, 0.05) is 36.5 Å². The third-order valence-corrected chi connectivity index (χ3v) is 4.83. The molecule has 0 aliphatic heterocycles. The van der Waals surface area contributed by atoms with Crippen LogP contribution in [-0.4, -0.2) is 28.3 Å². The zero-order chi connectivity index (χ0) is 17.7. The molecule has 0 saturated carbocycles. The molecule has 6 nitrogen and oxygen atoms in total. The minimum absolute atomic E-state index is 0.0849. The lowest BCUT2D eigenvalue weighted by molar-refractivity contribution is -0.116. The van der Waals surface area contributed by atoms with Crippen molar-refractivity contribution >= 4 is 28.8 Å². The van der Waals surface area contributed by atoms with E-state index in [1.807, 2.05) is 6.92 Å². The summed E-state index contributed by atoms with van der Waals surface area (Å²) in [6.07, 6.45) is 3.42. The molecule has 2 aromatic heterocycles. The number of nitrogens with zero attached hydrogens (tertiary/aromatic N) is 2. The van der Waals surface area contributed by atoms with Gasteiger partial charge in [-0.05, 0) is 19.1 Å². The lowest BCUT2D eigenvalue weighted by Gasteiger charge is -2.13. The maximum absolute atomic E-state index is 12.3. The third kappa shape index (κ3) is 4.86. The van der Waals surface area contributed by atoms with Crippen LogP contribution >= 0.6 is 11.3 Å². The van der Waals surface area contributed by atoms with E-state index in [-0.39, 0.29) is 30.2 Å². The molecule has 0 radical (unpaired) electrons. The molecule has 0 aliphatic rings. The Balaban J connectivity index is 1.85. The number of anilines is 1. The summed E-state index contributed by atoms with van der Waals surface area (Å²) in [7, 11) is 0. The maximum Gasteiger partial charge on any atom is 0.263 e. The topological polar surface area (TPSA) is 84.0 Å². The predicted molar refractivity (Wildman–Crippen MR) is 95.4 cm³/mol. The summed E-state index contributed by atoms with van der Waals surface area (Å²) >= 11 is 1.41. The standard InChI is InChI=1S/C17H22N4O2S/c1-11-14(24-16(20-11)17(2,3)4)15(23)19-10-7-13(22)21-12-5-8-18-9-6-12/h5-6,8-9H,7,10H2,1-4H3,(H,19,23)(H,18,21,22). The Morgan fingerprint density at radius 2 is 1.88 bits per heavy atom. The number of hydrogen-bond donors (Lipinski definition) is 2. The van der Waals surface area contributed by atoms with E-state index in [4.69, 9.17) is 0 Å². The molecule has 0 bridgehead atoms. The monoisotopic (exact) mass is 346 g/mol. The minimum Gasteiger partial charge on any atom is -0.351 e. The summed E-state index contributed by atoms with van der Waals surface area (Å²) in [5.74, 6) is -0.338. The first-order chi connectivity index (χ1) is 11.3. The van der Waals surface area contributed by atoms with Gasteiger partial charge in [-0.3, -0.25) is 14.6 Å². The van der Waals surface area contributed by atoms with E-state index < -0.39 is 0 Å². The van der Waals surface area contributed by atoms with Gasteiger partial charge in [0.15, 0.2) is 0 Å². The fourth-order valence-electron chi connectivity index (χ4n) is 1.96. The Morgan fingerprint density at radius 3 is 2.46 bits per heavy atom. The average molecular weight is 346 g/mol. The molecule has 2 aromatic rings. The van der Waals surface area contributed by atoms with Gasteiger partial charge in [-0.1, -0.05) is 20.8 Å². The van der Waals surface area contributed by atoms with Crippen molar-refractivity contribution in [2.45, 2.75) is 39.5 Å². The number of nitrogens with one attached hydrogen (secondary N) is 2. The quantitative estimate of drug-likeness (QED) is 0.872. The van der Waals surface area contributed by atoms with E-state index in [9.17, 15) is 9.59 Å². The van der Waals surface area contributed by atoms with E-state index in [2.05, 4.69) is 41.4 Å². The summed E-state index contributed by atoms with van der Waals surface area (Å²) in [4.78, 5) is 33.1. The van der Waals surface area contributed by atoms with E-state index in [1.165, 1.54) is 11.3 Å². The number of pyridine rings is 1. The van der Waals surface area contributed by atoms with Gasteiger partial charge in [-0.2, -0.15) is 0 Å². The van der Waals surface area contributed by atoms with Crippen LogP contribution in [0, 0.1) is 6.92 Å². The molecule has 0 unspecified atom stereocenters. The number of aryl methyl sites for hydroxylation is 1. The number of carbonyl (C=O) groups excluding carboxylic acids is 2. The van der Waals surface area contributed by atoms with E-state index >= 15 is 0 Å². The molecular formula is C17H22N4O2S. The molecule has 0 fully saturated rings. The lowest BCUT2D eigenvalue weighted by atomic mass is 9.98. The normalized spacial score (nSPS) is 11.2. The number of amides is 2. The van der Waals surface area contributed by atoms with Crippen LogP contribution in [0.4, 0.5) is 5.69 Å². The molecule has 0 aromatic carbocycles. The predicted octanol–water partition coefficient (Wildman–Crippen LogP) is 2.90. The van der Waals surface area contributed by atoms with Crippen LogP contribution < -0.4 is 10.6 Å². The first-order valence-electron chi connectivity index (χ1n) is 7.73. The SMILES string of the molecule is Cc1nc(C(C)(C)C)sc1C(=O)NCCC(=O)Nc1ccncc1. The Bertz CT molecular complexity index is 720. The number of carbonyl (C=O) groups is 2. The Kier molecular flexibility index (Phi) is 5.66. The van der Waals surface area contributed by atoms with Crippen molar-refractivity contribution in [1.82, 2.24) is 15.3 Å². The van der Waals surface area contributed by atoms with Crippen molar-refractivity contribution in [3.8, 4) is 0 Å². The van der Waals surface area contributed by atoms with Crippen LogP contribution in [-0.2, 0) is 10.2 Å². The van der Waals surface area contributed by atoms with E-state index in [0.29, 0.717) is 10.6 Å². The fraction of sp³-hybridized carbons (Fsp3) is 0.412. The summed E-state index contributed by atoms with van der Waals surface area (Å²) < 4.78 is 0. The highest BCUT2D eigenvalue weighted by molar-refractivity contribution is 7.14. The number of thiazole rings is 1. The van der Waals surface area contributed by atoms with Crippen molar-refractivity contribution in [1.29, 1.82) is 0 Å². The van der Waals surface area contributed by atoms with Gasteiger partial charge in [-0.15, -0.1) is 11.3 Å². The minimum atomic E-state index is -0.183. The van der Waals surface area contributed by atoms with Crippen molar-refractivity contribution in [2.75, 3.05) is 11.9 Å². The largest absolute Gasteiger partial charge is 0.351 e. The molecule has 0 saturated heterocycles. The van der Waals surface area contributed by atoms with Crippen LogP contribution in [0.2, 0.25) is 0 Å². The zero-order valence-corrected chi connectivity index (χ0v) is 15.2. The fourth-order valence-corrected chi connectivity index (χ4v) is 3.00. The highest BCUT2D eigenvalue weighted by Gasteiger charge is 2.22. The van der Waals surface area contributed by atoms with Gasteiger partial charge in [0.2, 0.25) is 5.91 Å². The summed E-state index contributed by atoms with van der Waals surface area (Å²) in [6, 6.07) is 3.43. The molecule has 2 N–H and O–H groups in total. The van der Waals surface area contributed by atoms with Crippen LogP contribution in [0.3, 0.4) is 0 Å². The van der Waals surface area contributed by atoms with Crippen LogP contribution in [0.5, 0.6) is 0 Å². The number of rotatable bonds is 5. The van der Waals surface area contributed by atoms with Gasteiger partial charge in [-0.25, -0.2) is 4.98 Å². The average Bonchev–Trinajstić information content (AvgIpc) is 2.90. The molecule has 2 heterocycles. The molecule has 7 heteroatoms. The highest BCUT2D eigenvalue weighted by atomic mass is 32.1. The summed E-state index contributed by atoms with van der Waals surface area (Å²) in [6.45, 7) is 8.30. The second-order valence-electron chi connectivity index (χ2n) is 6.47. The van der Waals surface area contributed by atoms with Crippen LogP contribution in [0.15, 0.2) is 24.5 Å². The van der Waals surface area contributed by atoms with Gasteiger partial charge in [0.05, 0.1) is 10.7 Å². The molecule has 0 aliphatic carbocycles. The first-order valence-corrected chi connectivity index (χ1v) is 8.55. The third-order valence-electron chi connectivity index (χ3n) is 3.25. The van der Waals surface area contributed by atoms with Crippen LogP contribution in [0.25, 0.3) is 0 Å². The lowest BCUT2D eigenvalue weighted by Crippen LogP contribution is -2.27. The second kappa shape index (κ2) is 7.53. The maximum atomic E-state index is 12.3. The second-order valence-corrected chi connectivity index (χ2v) is 7.47. The molecule has 24 heavy (non-hydrogen) atoms. The number of aromatic nitrogens is 2. The van der Waals surface area contributed by atoms with Crippen molar-refractivity contribution in [3.63, 3.8) is 0 Å². The number of hydrogen-bond acceptors (Lipinski definition) is 5. The van der Waals surface area contributed by atoms with Crippen molar-refractivity contribution in [2.24, 2.45) is 0 Å². The van der Waals surface area contributed by atoms with Gasteiger partial charge in [0.25, 0.3) is 5.91 Å². The highest BCUT2D eigenvalue weighted by Crippen LogP contribution is 2.29. The Morgan fingerprint density at radius 1 is 1.21 bits per heavy atom. The molecule has 0 atom stereocenters. The van der Waals surface area contributed by atoms with E-state index in [1.54, 1.807) is 24.5 Å². The van der Waals surface area contributed by atoms with Crippen molar-refractivity contribution in [3.05, 3.63) is 40.1 Å². The smallest absolute Gasteiger partial charge is 0.263 e. The molecule has 128 valence electrons. The van der Waals surface area contributed by atoms with Crippen molar-refractivity contribution < 1.29 is 9.59 Å². The van der Waals surface area contributed by atoms with Gasteiger partial charge in [0.1, 0.15) is 4.88 Å². The summed E-state index contributed by atoms with van der Waals surface area (Å²) in [5, 5.41) is 6.46. The molecule has 2 amide bonds. The van der Waals surface area contributed by atoms with Gasteiger partial charge >= 0.3 is 0 Å². The Labute approximate surface area is 145 Å². The van der Waals surface area contributed by atoms with Crippen LogP contribution in [0.1, 0.15) is 47.6 Å². The first kappa shape index (κ1) is 18.1. The Hall–Kier alpha value is -2.28. The van der Waals surface area contributed by atoms with Gasteiger partial charge < -0.3 is 10.6 Å². The molecule has 0 spiro atoms.